The number of alkyl halides is 3. The fraction of sp³-hybridized carbons (Fsp3) is 0.647. The molecule has 2 nitrogen and oxygen atoms in total. The Morgan fingerprint density at radius 1 is 0.913 bits per heavy atom. The molecule has 0 radical (unpaired) electrons. The lowest BCUT2D eigenvalue weighted by Crippen LogP contribution is -2.41. The highest BCUT2D eigenvalue weighted by atomic mass is 19.4. The van der Waals surface area contributed by atoms with Gasteiger partial charge in [0, 0.05) is 0 Å². The molecule has 1 aromatic carbocycles. The topological polar surface area (TPSA) is 18.5 Å². The van der Waals surface area contributed by atoms with Gasteiger partial charge in [0.1, 0.15) is 0 Å². The Labute approximate surface area is 135 Å². The average molecular weight is 326 g/mol. The molecule has 1 saturated heterocycles. The SMILES string of the molecule is CC1(c2cc(B3OC(C)(C)C(C)(C)O3)cc(C(F)(F)F)c2)CC1. The van der Waals surface area contributed by atoms with E-state index in [9.17, 15) is 13.2 Å². The van der Waals surface area contributed by atoms with Gasteiger partial charge in [-0.05, 0) is 63.0 Å². The van der Waals surface area contributed by atoms with Crippen molar-refractivity contribution < 1.29 is 22.5 Å². The van der Waals surface area contributed by atoms with Crippen molar-refractivity contribution in [3.8, 4) is 0 Å². The van der Waals surface area contributed by atoms with E-state index in [4.69, 9.17) is 9.31 Å². The van der Waals surface area contributed by atoms with Crippen LogP contribution in [0.15, 0.2) is 18.2 Å². The number of hydrogen-bond donors (Lipinski definition) is 0. The van der Waals surface area contributed by atoms with E-state index in [1.807, 2.05) is 40.7 Å². The number of halogens is 3. The molecule has 3 rings (SSSR count). The van der Waals surface area contributed by atoms with Crippen molar-refractivity contribution in [1.82, 2.24) is 0 Å². The Morgan fingerprint density at radius 3 is 1.87 bits per heavy atom. The van der Waals surface area contributed by atoms with Gasteiger partial charge < -0.3 is 9.31 Å². The highest BCUT2D eigenvalue weighted by molar-refractivity contribution is 6.62. The fourth-order valence-electron chi connectivity index (χ4n) is 2.76. The van der Waals surface area contributed by atoms with Gasteiger partial charge in [-0.1, -0.05) is 19.1 Å². The molecule has 0 atom stereocenters. The fourth-order valence-corrected chi connectivity index (χ4v) is 2.76. The molecular weight excluding hydrogens is 304 g/mol. The van der Waals surface area contributed by atoms with E-state index < -0.39 is 30.1 Å². The Hall–Kier alpha value is -1.01. The molecule has 0 unspecified atom stereocenters. The van der Waals surface area contributed by atoms with Crippen molar-refractivity contribution in [2.24, 2.45) is 0 Å². The second-order valence-corrected chi connectivity index (χ2v) is 7.99. The molecule has 6 heteroatoms. The van der Waals surface area contributed by atoms with Crippen molar-refractivity contribution in [3.63, 3.8) is 0 Å². The first-order valence-electron chi connectivity index (χ1n) is 7.92. The highest BCUT2D eigenvalue weighted by Gasteiger charge is 2.52. The van der Waals surface area contributed by atoms with Crippen molar-refractivity contribution in [2.45, 2.75) is 70.3 Å². The average Bonchev–Trinajstić information content (AvgIpc) is 3.10. The van der Waals surface area contributed by atoms with Gasteiger partial charge in [-0.25, -0.2) is 0 Å². The lowest BCUT2D eigenvalue weighted by molar-refractivity contribution is -0.137. The Morgan fingerprint density at radius 2 is 1.43 bits per heavy atom. The zero-order chi connectivity index (χ0) is 17.3. The quantitative estimate of drug-likeness (QED) is 0.763. The van der Waals surface area contributed by atoms with Gasteiger partial charge in [0.2, 0.25) is 0 Å². The molecule has 2 fully saturated rings. The van der Waals surface area contributed by atoms with Gasteiger partial charge in [-0.15, -0.1) is 0 Å². The van der Waals surface area contributed by atoms with Crippen LogP contribution in [0.4, 0.5) is 13.2 Å². The molecule has 23 heavy (non-hydrogen) atoms. The van der Waals surface area contributed by atoms with Crippen LogP contribution in [-0.2, 0) is 20.9 Å². The minimum absolute atomic E-state index is 0.153. The van der Waals surface area contributed by atoms with Crippen molar-refractivity contribution in [1.29, 1.82) is 0 Å². The molecule has 2 aliphatic rings. The minimum Gasteiger partial charge on any atom is -0.399 e. The van der Waals surface area contributed by atoms with Gasteiger partial charge in [-0.2, -0.15) is 13.2 Å². The zero-order valence-corrected chi connectivity index (χ0v) is 14.2. The van der Waals surface area contributed by atoms with Crippen LogP contribution >= 0.6 is 0 Å². The summed E-state index contributed by atoms with van der Waals surface area (Å²) in [7, 11) is -0.775. The van der Waals surface area contributed by atoms with E-state index in [-0.39, 0.29) is 5.41 Å². The zero-order valence-electron chi connectivity index (χ0n) is 14.2. The summed E-state index contributed by atoms with van der Waals surface area (Å²) in [6.45, 7) is 9.57. The van der Waals surface area contributed by atoms with E-state index in [2.05, 4.69) is 0 Å². The normalized spacial score (nSPS) is 24.8. The van der Waals surface area contributed by atoms with Crippen LogP contribution in [0, 0.1) is 0 Å². The third-order valence-electron chi connectivity index (χ3n) is 5.51. The molecule has 0 N–H and O–H groups in total. The Kier molecular flexibility index (Phi) is 3.48. The molecular formula is C17H22BF3O2. The summed E-state index contributed by atoms with van der Waals surface area (Å²) in [4.78, 5) is 0. The molecule has 1 aromatic rings. The molecule has 1 saturated carbocycles. The predicted molar refractivity (Wildman–Crippen MR) is 83.7 cm³/mol. The van der Waals surface area contributed by atoms with Crippen LogP contribution in [0.2, 0.25) is 0 Å². The number of hydrogen-bond acceptors (Lipinski definition) is 2. The maximum Gasteiger partial charge on any atom is 0.494 e. The summed E-state index contributed by atoms with van der Waals surface area (Å²) in [5, 5.41) is 0. The minimum atomic E-state index is -4.38. The van der Waals surface area contributed by atoms with Gasteiger partial charge >= 0.3 is 13.3 Å². The summed E-state index contributed by atoms with van der Waals surface area (Å²) in [5.41, 5.74) is -0.767. The van der Waals surface area contributed by atoms with E-state index in [1.165, 1.54) is 6.07 Å². The van der Waals surface area contributed by atoms with Crippen LogP contribution in [0.5, 0.6) is 0 Å². The molecule has 0 amide bonds. The number of benzene rings is 1. The summed E-state index contributed by atoms with van der Waals surface area (Å²) < 4.78 is 51.6. The Bertz CT molecular complexity index is 594. The van der Waals surface area contributed by atoms with Crippen molar-refractivity contribution >= 4 is 12.6 Å². The summed E-state index contributed by atoms with van der Waals surface area (Å²) in [5.74, 6) is 0. The summed E-state index contributed by atoms with van der Waals surface area (Å²) in [6.07, 6.45) is -2.55. The molecule has 0 aromatic heterocycles. The maximum atomic E-state index is 13.3. The van der Waals surface area contributed by atoms with E-state index in [0.29, 0.717) is 5.46 Å². The van der Waals surface area contributed by atoms with Gasteiger partial charge in [0.15, 0.2) is 0 Å². The first-order chi connectivity index (χ1) is 10.3. The molecule has 126 valence electrons. The van der Waals surface area contributed by atoms with Crippen LogP contribution in [0.1, 0.15) is 58.6 Å². The van der Waals surface area contributed by atoms with Gasteiger partial charge in [0.25, 0.3) is 0 Å². The third-order valence-corrected chi connectivity index (χ3v) is 5.51. The molecule has 0 spiro atoms. The maximum absolute atomic E-state index is 13.3. The molecule has 0 bridgehead atoms. The van der Waals surface area contributed by atoms with E-state index >= 15 is 0 Å². The van der Waals surface area contributed by atoms with Crippen LogP contribution in [-0.4, -0.2) is 18.3 Å². The first-order valence-corrected chi connectivity index (χ1v) is 7.92. The van der Waals surface area contributed by atoms with Crippen LogP contribution in [0.3, 0.4) is 0 Å². The Balaban J connectivity index is 2.03. The largest absolute Gasteiger partial charge is 0.494 e. The standard InChI is InChI=1S/C17H22BF3O2/c1-14(2)15(3,4)23-18(22-14)13-9-11(16(5)6-7-16)8-12(10-13)17(19,20)21/h8-10H,6-7H2,1-5H3. The van der Waals surface area contributed by atoms with E-state index in [0.717, 1.165) is 24.5 Å². The molecule has 1 aliphatic carbocycles. The van der Waals surface area contributed by atoms with Crippen molar-refractivity contribution in [2.75, 3.05) is 0 Å². The van der Waals surface area contributed by atoms with Gasteiger partial charge in [-0.3, -0.25) is 0 Å². The van der Waals surface area contributed by atoms with Crippen molar-refractivity contribution in [3.05, 3.63) is 29.3 Å². The second-order valence-electron chi connectivity index (χ2n) is 7.99. The van der Waals surface area contributed by atoms with E-state index in [1.54, 1.807) is 0 Å². The summed E-state index contributed by atoms with van der Waals surface area (Å²) in [6, 6.07) is 4.23. The lowest BCUT2D eigenvalue weighted by Gasteiger charge is -2.32. The lowest BCUT2D eigenvalue weighted by atomic mass is 9.76. The number of rotatable bonds is 2. The molecule has 1 heterocycles. The first kappa shape index (κ1) is 16.8. The van der Waals surface area contributed by atoms with Gasteiger partial charge in [0.05, 0.1) is 16.8 Å². The second kappa shape index (κ2) is 4.76. The highest BCUT2D eigenvalue weighted by Crippen LogP contribution is 2.48. The summed E-state index contributed by atoms with van der Waals surface area (Å²) >= 11 is 0. The predicted octanol–water partition coefficient (Wildman–Crippen LogP) is 4.06. The monoisotopic (exact) mass is 326 g/mol. The van der Waals surface area contributed by atoms with Crippen LogP contribution < -0.4 is 5.46 Å². The van der Waals surface area contributed by atoms with Crippen LogP contribution in [0.25, 0.3) is 0 Å². The smallest absolute Gasteiger partial charge is 0.399 e. The third kappa shape index (κ3) is 2.91. The molecule has 1 aliphatic heterocycles.